The largest absolute Gasteiger partial charge is 0.348 e. The fourth-order valence-electron chi connectivity index (χ4n) is 2.90. The van der Waals surface area contributed by atoms with E-state index in [0.717, 1.165) is 17.5 Å². The first-order valence-corrected chi connectivity index (χ1v) is 9.53. The van der Waals surface area contributed by atoms with E-state index in [4.69, 9.17) is 0 Å². The van der Waals surface area contributed by atoms with E-state index in [1.165, 1.54) is 22.4 Å². The van der Waals surface area contributed by atoms with Crippen molar-refractivity contribution in [3.63, 3.8) is 0 Å². The van der Waals surface area contributed by atoms with Gasteiger partial charge < -0.3 is 5.32 Å². The molecule has 0 aliphatic heterocycles. The second-order valence-electron chi connectivity index (χ2n) is 7.18. The topological polar surface area (TPSA) is 90.1 Å². The molecule has 29 heavy (non-hydrogen) atoms. The van der Waals surface area contributed by atoms with Crippen LogP contribution in [0.25, 0.3) is 16.9 Å². The van der Waals surface area contributed by atoms with E-state index in [2.05, 4.69) is 10.4 Å². The van der Waals surface area contributed by atoms with Gasteiger partial charge in [-0.05, 0) is 62.6 Å². The second-order valence-corrected chi connectivity index (χ2v) is 7.18. The molecule has 0 radical (unpaired) electrons. The van der Waals surface area contributed by atoms with Crippen molar-refractivity contribution in [3.8, 4) is 16.9 Å². The Bertz CT molecular complexity index is 1050. The molecule has 1 atom stereocenters. The van der Waals surface area contributed by atoms with Crippen LogP contribution in [0.3, 0.4) is 0 Å². The van der Waals surface area contributed by atoms with E-state index in [9.17, 15) is 14.9 Å². The van der Waals surface area contributed by atoms with Gasteiger partial charge in [0, 0.05) is 23.7 Å². The summed E-state index contributed by atoms with van der Waals surface area (Å²) in [5.74, 6) is -0.236. The molecule has 1 aromatic heterocycles. The molecule has 0 fully saturated rings. The van der Waals surface area contributed by atoms with Crippen LogP contribution in [-0.2, 0) is 0 Å². The maximum Gasteiger partial charge on any atom is 0.270 e. The van der Waals surface area contributed by atoms with Gasteiger partial charge in [0.15, 0.2) is 0 Å². The summed E-state index contributed by atoms with van der Waals surface area (Å²) < 4.78 is 1.53. The zero-order valence-corrected chi connectivity index (χ0v) is 17.0. The van der Waals surface area contributed by atoms with Crippen LogP contribution in [0.4, 0.5) is 5.69 Å². The number of non-ortho nitro benzene ring substituents is 1. The van der Waals surface area contributed by atoms with Crippen molar-refractivity contribution < 1.29 is 9.72 Å². The second kappa shape index (κ2) is 8.26. The monoisotopic (exact) mass is 392 g/mol. The van der Waals surface area contributed by atoms with Gasteiger partial charge in [0.25, 0.3) is 11.6 Å². The average Bonchev–Trinajstić information content (AvgIpc) is 3.15. The lowest BCUT2D eigenvalue weighted by Gasteiger charge is -2.12. The summed E-state index contributed by atoms with van der Waals surface area (Å²) in [7, 11) is 0. The Kier molecular flexibility index (Phi) is 5.77. The number of amides is 1. The van der Waals surface area contributed by atoms with Gasteiger partial charge in [-0.3, -0.25) is 14.9 Å². The van der Waals surface area contributed by atoms with Crippen molar-refractivity contribution in [2.45, 2.75) is 40.2 Å². The van der Waals surface area contributed by atoms with Crippen LogP contribution in [0, 0.1) is 24.0 Å². The highest BCUT2D eigenvalue weighted by atomic mass is 16.6. The Labute approximate surface area is 169 Å². The molecule has 3 rings (SSSR count). The van der Waals surface area contributed by atoms with Crippen LogP contribution in [0.2, 0.25) is 0 Å². The molecule has 3 aromatic rings. The molecule has 0 aliphatic rings. The van der Waals surface area contributed by atoms with E-state index in [1.54, 1.807) is 18.2 Å². The Morgan fingerprint density at radius 2 is 1.83 bits per heavy atom. The number of carbonyl (C=O) groups is 1. The van der Waals surface area contributed by atoms with Crippen LogP contribution in [0.1, 0.15) is 41.9 Å². The van der Waals surface area contributed by atoms with Gasteiger partial charge in [0.1, 0.15) is 5.69 Å². The normalized spacial score (nSPS) is 11.9. The smallest absolute Gasteiger partial charge is 0.270 e. The zero-order valence-electron chi connectivity index (χ0n) is 17.0. The minimum absolute atomic E-state index is 0.0131. The number of rotatable bonds is 6. The molecular formula is C22H24N4O3. The number of hydrogen-bond acceptors (Lipinski definition) is 4. The van der Waals surface area contributed by atoms with E-state index in [0.29, 0.717) is 17.1 Å². The molecule has 1 heterocycles. The van der Waals surface area contributed by atoms with Gasteiger partial charge in [0.2, 0.25) is 0 Å². The summed E-state index contributed by atoms with van der Waals surface area (Å²) in [5.41, 5.74) is 4.84. The van der Waals surface area contributed by atoms with Crippen LogP contribution in [-0.4, -0.2) is 26.7 Å². The number of aryl methyl sites for hydroxylation is 2. The van der Waals surface area contributed by atoms with E-state index in [1.807, 2.05) is 45.9 Å². The number of nitro benzene ring substituents is 1. The SMILES string of the molecule is CCC(C)NC(=O)c1cc(-c2ccc(C)c(C)c2)nn1-c1ccc([N+](=O)[O-])cc1. The highest BCUT2D eigenvalue weighted by Gasteiger charge is 2.19. The number of nitrogens with zero attached hydrogens (tertiary/aromatic N) is 3. The van der Waals surface area contributed by atoms with E-state index >= 15 is 0 Å². The number of nitrogens with one attached hydrogen (secondary N) is 1. The molecule has 1 N–H and O–H groups in total. The third kappa shape index (κ3) is 4.34. The Balaban J connectivity index is 2.08. The first-order chi connectivity index (χ1) is 13.8. The maximum absolute atomic E-state index is 12.9. The summed E-state index contributed by atoms with van der Waals surface area (Å²) >= 11 is 0. The molecule has 0 spiro atoms. The number of carbonyl (C=O) groups excluding carboxylic acids is 1. The molecule has 0 saturated carbocycles. The van der Waals surface area contributed by atoms with E-state index < -0.39 is 4.92 Å². The molecule has 0 saturated heterocycles. The van der Waals surface area contributed by atoms with Gasteiger partial charge in [-0.1, -0.05) is 19.1 Å². The van der Waals surface area contributed by atoms with Gasteiger partial charge in [-0.2, -0.15) is 5.10 Å². The summed E-state index contributed by atoms with van der Waals surface area (Å²) in [6.45, 7) is 8.01. The number of nitro groups is 1. The number of aromatic nitrogens is 2. The van der Waals surface area contributed by atoms with Crippen LogP contribution in [0.5, 0.6) is 0 Å². The van der Waals surface area contributed by atoms with Crippen LogP contribution < -0.4 is 5.32 Å². The molecular weight excluding hydrogens is 368 g/mol. The summed E-state index contributed by atoms with van der Waals surface area (Å²) in [4.78, 5) is 23.4. The molecule has 1 unspecified atom stereocenters. The first-order valence-electron chi connectivity index (χ1n) is 9.53. The van der Waals surface area contributed by atoms with Crippen molar-refractivity contribution in [1.82, 2.24) is 15.1 Å². The van der Waals surface area contributed by atoms with Crippen molar-refractivity contribution in [1.29, 1.82) is 0 Å². The molecule has 0 aliphatic carbocycles. The standard InChI is InChI=1S/C22H24N4O3/c1-5-16(4)23-22(27)21-13-20(17-7-6-14(2)15(3)12-17)24-25(21)18-8-10-19(11-9-18)26(28)29/h6-13,16H,5H2,1-4H3,(H,23,27). The van der Waals surface area contributed by atoms with Gasteiger partial charge in [0.05, 0.1) is 16.3 Å². The first kappa shape index (κ1) is 20.3. The molecule has 7 nitrogen and oxygen atoms in total. The van der Waals surface area contributed by atoms with Crippen molar-refractivity contribution in [2.75, 3.05) is 0 Å². The molecule has 2 aromatic carbocycles. The van der Waals surface area contributed by atoms with Crippen molar-refractivity contribution in [3.05, 3.63) is 75.5 Å². The Morgan fingerprint density at radius 3 is 2.41 bits per heavy atom. The number of hydrogen-bond donors (Lipinski definition) is 1. The Hall–Kier alpha value is -3.48. The van der Waals surface area contributed by atoms with Gasteiger partial charge in [-0.25, -0.2) is 4.68 Å². The predicted molar refractivity (Wildman–Crippen MR) is 112 cm³/mol. The third-order valence-corrected chi connectivity index (χ3v) is 5.04. The summed E-state index contributed by atoms with van der Waals surface area (Å²) in [6, 6.07) is 13.8. The third-order valence-electron chi connectivity index (χ3n) is 5.04. The van der Waals surface area contributed by atoms with Crippen LogP contribution in [0.15, 0.2) is 48.5 Å². The fourth-order valence-corrected chi connectivity index (χ4v) is 2.90. The fraction of sp³-hybridized carbons (Fsp3) is 0.273. The predicted octanol–water partition coefficient (Wildman–Crippen LogP) is 4.59. The maximum atomic E-state index is 12.9. The van der Waals surface area contributed by atoms with Gasteiger partial charge >= 0.3 is 0 Å². The molecule has 150 valence electrons. The lowest BCUT2D eigenvalue weighted by Crippen LogP contribution is -2.33. The quantitative estimate of drug-likeness (QED) is 0.491. The van der Waals surface area contributed by atoms with E-state index in [-0.39, 0.29) is 17.6 Å². The highest BCUT2D eigenvalue weighted by Crippen LogP contribution is 2.25. The Morgan fingerprint density at radius 1 is 1.14 bits per heavy atom. The van der Waals surface area contributed by atoms with Crippen LogP contribution >= 0.6 is 0 Å². The minimum atomic E-state index is -0.454. The van der Waals surface area contributed by atoms with Crippen molar-refractivity contribution >= 4 is 11.6 Å². The summed E-state index contributed by atoms with van der Waals surface area (Å²) in [6.07, 6.45) is 0.807. The lowest BCUT2D eigenvalue weighted by atomic mass is 10.0. The summed E-state index contributed by atoms with van der Waals surface area (Å²) in [5, 5.41) is 18.5. The van der Waals surface area contributed by atoms with Crippen molar-refractivity contribution in [2.24, 2.45) is 0 Å². The lowest BCUT2D eigenvalue weighted by molar-refractivity contribution is -0.384. The zero-order chi connectivity index (χ0) is 21.1. The highest BCUT2D eigenvalue weighted by molar-refractivity contribution is 5.94. The molecule has 7 heteroatoms. The molecule has 1 amide bonds. The average molecular weight is 392 g/mol. The van der Waals surface area contributed by atoms with Gasteiger partial charge in [-0.15, -0.1) is 0 Å². The number of benzene rings is 2. The minimum Gasteiger partial charge on any atom is -0.348 e. The molecule has 0 bridgehead atoms.